The number of hydrogen-bond acceptors (Lipinski definition) is 3. The van der Waals surface area contributed by atoms with Gasteiger partial charge < -0.3 is 4.90 Å². The van der Waals surface area contributed by atoms with E-state index in [9.17, 15) is 4.79 Å². The molecule has 1 amide bonds. The average Bonchev–Trinajstić information content (AvgIpc) is 2.37. The van der Waals surface area contributed by atoms with Crippen molar-refractivity contribution in [3.63, 3.8) is 0 Å². The zero-order chi connectivity index (χ0) is 13.1. The van der Waals surface area contributed by atoms with Gasteiger partial charge in [-0.1, -0.05) is 23.2 Å². The van der Waals surface area contributed by atoms with E-state index in [1.807, 2.05) is 5.01 Å². The summed E-state index contributed by atoms with van der Waals surface area (Å²) in [5.41, 5.74) is 0.740. The molecule has 0 unspecified atom stereocenters. The van der Waals surface area contributed by atoms with E-state index in [1.165, 1.54) is 0 Å². The summed E-state index contributed by atoms with van der Waals surface area (Å²) >= 11 is 11.9. The van der Waals surface area contributed by atoms with E-state index in [2.05, 4.69) is 11.9 Å². The van der Waals surface area contributed by atoms with Gasteiger partial charge in [0.05, 0.1) is 15.7 Å². The molecule has 1 heterocycles. The molecule has 98 valence electrons. The number of carbonyl (C=O) groups excluding carboxylic acids is 1. The highest BCUT2D eigenvalue weighted by atomic mass is 35.5. The van der Waals surface area contributed by atoms with Crippen molar-refractivity contribution in [2.45, 2.75) is 0 Å². The number of amides is 1. The zero-order valence-corrected chi connectivity index (χ0v) is 11.7. The highest BCUT2D eigenvalue weighted by molar-refractivity contribution is 6.42. The second-order valence-electron chi connectivity index (χ2n) is 4.31. The molecule has 1 saturated heterocycles. The summed E-state index contributed by atoms with van der Waals surface area (Å²) in [5, 5.41) is 4.54. The summed E-state index contributed by atoms with van der Waals surface area (Å²) in [6.45, 7) is 3.50. The molecule has 0 aliphatic carbocycles. The molecular weight excluding hydrogens is 273 g/mol. The number of piperazine rings is 1. The topological polar surface area (TPSA) is 26.8 Å². The normalized spacial score (nSPS) is 17.7. The maximum Gasteiger partial charge on any atom is 0.228 e. The van der Waals surface area contributed by atoms with E-state index >= 15 is 0 Å². The summed E-state index contributed by atoms with van der Waals surface area (Å²) in [4.78, 5) is 13.5. The summed E-state index contributed by atoms with van der Waals surface area (Å²) < 4.78 is 0. The molecule has 1 aliphatic heterocycles. The molecular formula is C12H15Cl2N3O. The summed E-state index contributed by atoms with van der Waals surface area (Å²) in [7, 11) is 2.07. The first-order valence-electron chi connectivity index (χ1n) is 5.75. The Kier molecular flexibility index (Phi) is 4.45. The van der Waals surface area contributed by atoms with Crippen molar-refractivity contribution in [2.75, 3.05) is 38.2 Å². The molecule has 0 atom stereocenters. The Balaban J connectivity index is 2.17. The van der Waals surface area contributed by atoms with Crippen LogP contribution in [-0.4, -0.2) is 49.5 Å². The fourth-order valence-electron chi connectivity index (χ4n) is 1.93. The Morgan fingerprint density at radius 2 is 1.83 bits per heavy atom. The van der Waals surface area contributed by atoms with Crippen LogP contribution in [0.2, 0.25) is 10.0 Å². The van der Waals surface area contributed by atoms with Crippen LogP contribution < -0.4 is 5.01 Å². The predicted octanol–water partition coefficient (Wildman–Crippen LogP) is 2.12. The number of carbonyl (C=O) groups is 1. The summed E-state index contributed by atoms with van der Waals surface area (Å²) in [6, 6.07) is 5.20. The van der Waals surface area contributed by atoms with E-state index in [1.54, 1.807) is 23.2 Å². The average molecular weight is 288 g/mol. The van der Waals surface area contributed by atoms with Crippen molar-refractivity contribution in [1.82, 2.24) is 9.91 Å². The van der Waals surface area contributed by atoms with Crippen molar-refractivity contribution in [2.24, 2.45) is 0 Å². The standard InChI is InChI=1S/C12H15Cl2N3O/c1-15-4-6-16(7-5-15)17(9-18)10-2-3-11(13)12(14)8-10/h2-3,8-9H,4-7H2,1H3. The summed E-state index contributed by atoms with van der Waals surface area (Å²) in [6.07, 6.45) is 0.810. The Bertz CT molecular complexity index is 433. The van der Waals surface area contributed by atoms with E-state index in [-0.39, 0.29) is 0 Å². The third kappa shape index (κ3) is 2.95. The van der Waals surface area contributed by atoms with Gasteiger partial charge in [0.1, 0.15) is 0 Å². The van der Waals surface area contributed by atoms with E-state index in [4.69, 9.17) is 23.2 Å². The summed E-state index contributed by atoms with van der Waals surface area (Å²) in [5.74, 6) is 0. The Morgan fingerprint density at radius 3 is 2.39 bits per heavy atom. The Labute approximate surface area is 117 Å². The fraction of sp³-hybridized carbons (Fsp3) is 0.417. The number of anilines is 1. The minimum absolute atomic E-state index is 0.454. The van der Waals surface area contributed by atoms with Gasteiger partial charge in [0.15, 0.2) is 0 Å². The number of halogens is 2. The fourth-order valence-corrected chi connectivity index (χ4v) is 2.22. The zero-order valence-electron chi connectivity index (χ0n) is 10.1. The molecule has 0 saturated carbocycles. The second-order valence-corrected chi connectivity index (χ2v) is 5.12. The smallest absolute Gasteiger partial charge is 0.228 e. The molecule has 6 heteroatoms. The number of rotatable bonds is 3. The molecule has 1 fully saturated rings. The number of hydrogen-bond donors (Lipinski definition) is 0. The molecule has 2 rings (SSSR count). The third-order valence-electron chi connectivity index (χ3n) is 3.05. The van der Waals surface area contributed by atoms with Crippen LogP contribution in [-0.2, 0) is 4.79 Å². The predicted molar refractivity (Wildman–Crippen MR) is 74.1 cm³/mol. The Hall–Kier alpha value is -0.810. The third-order valence-corrected chi connectivity index (χ3v) is 3.79. The van der Waals surface area contributed by atoms with Gasteiger partial charge in [-0.25, -0.2) is 10.0 Å². The molecule has 1 aromatic carbocycles. The van der Waals surface area contributed by atoms with Crippen molar-refractivity contribution >= 4 is 35.3 Å². The number of benzene rings is 1. The SMILES string of the molecule is CN1CCN(N(C=O)c2ccc(Cl)c(Cl)c2)CC1. The number of nitrogens with zero attached hydrogens (tertiary/aromatic N) is 3. The van der Waals surface area contributed by atoms with Gasteiger partial charge in [-0.15, -0.1) is 0 Å². The van der Waals surface area contributed by atoms with Gasteiger partial charge in [-0.05, 0) is 25.2 Å². The first kappa shape index (κ1) is 13.6. The van der Waals surface area contributed by atoms with Gasteiger partial charge in [-0.2, -0.15) is 0 Å². The first-order chi connectivity index (χ1) is 8.61. The lowest BCUT2D eigenvalue weighted by Gasteiger charge is -2.38. The number of likely N-dealkylation sites (N-methyl/N-ethyl adjacent to an activating group) is 1. The van der Waals surface area contributed by atoms with Crippen molar-refractivity contribution in [3.05, 3.63) is 28.2 Å². The lowest BCUT2D eigenvalue weighted by atomic mass is 10.3. The number of hydrazine groups is 1. The molecule has 0 aromatic heterocycles. The van der Waals surface area contributed by atoms with Gasteiger partial charge in [0.2, 0.25) is 6.41 Å². The van der Waals surface area contributed by atoms with Crippen LogP contribution in [0.15, 0.2) is 18.2 Å². The van der Waals surface area contributed by atoms with Crippen molar-refractivity contribution in [3.8, 4) is 0 Å². The van der Waals surface area contributed by atoms with Gasteiger partial charge in [-0.3, -0.25) is 4.79 Å². The van der Waals surface area contributed by atoms with Crippen LogP contribution in [0.25, 0.3) is 0 Å². The monoisotopic (exact) mass is 287 g/mol. The molecule has 18 heavy (non-hydrogen) atoms. The Morgan fingerprint density at radius 1 is 1.17 bits per heavy atom. The van der Waals surface area contributed by atoms with Crippen LogP contribution in [0.1, 0.15) is 0 Å². The molecule has 0 radical (unpaired) electrons. The quantitative estimate of drug-likeness (QED) is 0.797. The highest BCUT2D eigenvalue weighted by Gasteiger charge is 2.20. The van der Waals surface area contributed by atoms with Gasteiger partial charge in [0, 0.05) is 26.2 Å². The molecule has 0 spiro atoms. The van der Waals surface area contributed by atoms with Crippen LogP contribution in [0, 0.1) is 0 Å². The lowest BCUT2D eigenvalue weighted by molar-refractivity contribution is -0.110. The van der Waals surface area contributed by atoms with Crippen molar-refractivity contribution in [1.29, 1.82) is 0 Å². The van der Waals surface area contributed by atoms with Crippen LogP contribution in [0.3, 0.4) is 0 Å². The van der Waals surface area contributed by atoms with Gasteiger partial charge >= 0.3 is 0 Å². The van der Waals surface area contributed by atoms with E-state index in [0.29, 0.717) is 10.0 Å². The molecule has 1 aromatic rings. The van der Waals surface area contributed by atoms with E-state index < -0.39 is 0 Å². The van der Waals surface area contributed by atoms with E-state index in [0.717, 1.165) is 38.3 Å². The molecule has 1 aliphatic rings. The van der Waals surface area contributed by atoms with Gasteiger partial charge in [0.25, 0.3) is 0 Å². The maximum absolute atomic E-state index is 11.3. The van der Waals surface area contributed by atoms with Crippen molar-refractivity contribution < 1.29 is 4.79 Å². The van der Waals surface area contributed by atoms with Crippen LogP contribution in [0.4, 0.5) is 5.69 Å². The molecule has 4 nitrogen and oxygen atoms in total. The maximum atomic E-state index is 11.3. The lowest BCUT2D eigenvalue weighted by Crippen LogP contribution is -2.52. The largest absolute Gasteiger partial charge is 0.304 e. The minimum Gasteiger partial charge on any atom is -0.304 e. The molecule has 0 bridgehead atoms. The molecule has 0 N–H and O–H groups in total. The van der Waals surface area contributed by atoms with Crippen LogP contribution in [0.5, 0.6) is 0 Å². The van der Waals surface area contributed by atoms with Crippen LogP contribution >= 0.6 is 23.2 Å². The first-order valence-corrected chi connectivity index (χ1v) is 6.50. The minimum atomic E-state index is 0.454. The highest BCUT2D eigenvalue weighted by Crippen LogP contribution is 2.27. The second kappa shape index (κ2) is 5.89.